The molecule has 0 bridgehead atoms. The molecule has 0 saturated carbocycles. The lowest BCUT2D eigenvalue weighted by molar-refractivity contribution is -0.125. The highest BCUT2D eigenvalue weighted by Crippen LogP contribution is 2.20. The molecule has 4 N–H and O–H groups in total. The van der Waals surface area contributed by atoms with E-state index < -0.39 is 6.03 Å². The van der Waals surface area contributed by atoms with Crippen LogP contribution < -0.4 is 21.3 Å². The van der Waals surface area contributed by atoms with Crippen LogP contribution >= 0.6 is 0 Å². The Bertz CT molecular complexity index is 750. The first kappa shape index (κ1) is 17.7. The molecule has 1 aromatic heterocycles. The topological polar surface area (TPSA) is 113 Å². The molecule has 1 aliphatic heterocycles. The fourth-order valence-electron chi connectivity index (χ4n) is 3.01. The molecular formula is C18H22N6O2. The van der Waals surface area contributed by atoms with Gasteiger partial charge in [0, 0.05) is 37.7 Å². The van der Waals surface area contributed by atoms with Gasteiger partial charge < -0.3 is 21.3 Å². The van der Waals surface area contributed by atoms with Gasteiger partial charge in [0.2, 0.25) is 11.9 Å². The average Bonchev–Trinajstić information content (AvgIpc) is 2.67. The van der Waals surface area contributed by atoms with Gasteiger partial charge in [0.1, 0.15) is 0 Å². The molecule has 2 aromatic rings. The summed E-state index contributed by atoms with van der Waals surface area (Å²) in [6, 6.07) is 8.37. The van der Waals surface area contributed by atoms with Gasteiger partial charge in [-0.25, -0.2) is 14.8 Å². The number of benzene rings is 1. The zero-order chi connectivity index (χ0) is 18.4. The smallest absolute Gasteiger partial charge is 0.316 e. The van der Waals surface area contributed by atoms with Crippen molar-refractivity contribution in [3.05, 3.63) is 48.3 Å². The minimum atomic E-state index is -0.602. The Labute approximate surface area is 151 Å². The van der Waals surface area contributed by atoms with E-state index in [9.17, 15) is 9.59 Å². The van der Waals surface area contributed by atoms with Crippen molar-refractivity contribution in [3.63, 3.8) is 0 Å². The van der Waals surface area contributed by atoms with Crippen LogP contribution in [0, 0.1) is 5.92 Å². The fourth-order valence-corrected chi connectivity index (χ4v) is 3.01. The van der Waals surface area contributed by atoms with E-state index in [4.69, 9.17) is 5.73 Å². The number of hydrogen-bond acceptors (Lipinski definition) is 5. The summed E-state index contributed by atoms with van der Waals surface area (Å²) in [5.41, 5.74) is 6.65. The van der Waals surface area contributed by atoms with Gasteiger partial charge in [0.25, 0.3) is 0 Å². The zero-order valence-corrected chi connectivity index (χ0v) is 14.4. The van der Waals surface area contributed by atoms with E-state index in [1.807, 2.05) is 12.1 Å². The summed E-state index contributed by atoms with van der Waals surface area (Å²) < 4.78 is 0. The number of anilines is 2. The minimum absolute atomic E-state index is 0.0324. The molecule has 1 aliphatic rings. The van der Waals surface area contributed by atoms with E-state index >= 15 is 0 Å². The van der Waals surface area contributed by atoms with Crippen LogP contribution in [0.2, 0.25) is 0 Å². The second kappa shape index (κ2) is 8.28. The van der Waals surface area contributed by atoms with E-state index in [1.54, 1.807) is 30.6 Å². The quantitative estimate of drug-likeness (QED) is 0.753. The summed E-state index contributed by atoms with van der Waals surface area (Å²) >= 11 is 0. The molecule has 8 nitrogen and oxygen atoms in total. The van der Waals surface area contributed by atoms with Gasteiger partial charge in [0.15, 0.2) is 0 Å². The molecule has 2 heterocycles. The second-order valence-corrected chi connectivity index (χ2v) is 6.24. The highest BCUT2D eigenvalue weighted by molar-refractivity contribution is 5.87. The normalized spacial score (nSPS) is 16.8. The molecule has 1 aromatic carbocycles. The largest absolute Gasteiger partial charge is 0.352 e. The lowest BCUT2D eigenvalue weighted by atomic mass is 9.97. The lowest BCUT2D eigenvalue weighted by Gasteiger charge is -2.31. The number of piperidine rings is 1. The van der Waals surface area contributed by atoms with Crippen LogP contribution in [-0.2, 0) is 11.3 Å². The van der Waals surface area contributed by atoms with Crippen molar-refractivity contribution < 1.29 is 9.59 Å². The molecule has 0 aliphatic carbocycles. The molecule has 1 atom stereocenters. The number of nitrogens with zero attached hydrogens (tertiary/aromatic N) is 3. The van der Waals surface area contributed by atoms with Gasteiger partial charge >= 0.3 is 6.03 Å². The third-order valence-corrected chi connectivity index (χ3v) is 4.32. The van der Waals surface area contributed by atoms with Crippen molar-refractivity contribution in [2.75, 3.05) is 23.3 Å². The first-order chi connectivity index (χ1) is 12.6. The Morgan fingerprint density at radius 3 is 2.62 bits per heavy atom. The molecule has 3 rings (SSSR count). The lowest BCUT2D eigenvalue weighted by Crippen LogP contribution is -2.43. The maximum absolute atomic E-state index is 12.5. The maximum Gasteiger partial charge on any atom is 0.316 e. The van der Waals surface area contributed by atoms with Crippen LogP contribution in [-0.4, -0.2) is 35.0 Å². The Morgan fingerprint density at radius 2 is 1.92 bits per heavy atom. The number of carbonyl (C=O) groups is 2. The molecular weight excluding hydrogens is 332 g/mol. The summed E-state index contributed by atoms with van der Waals surface area (Å²) in [6.07, 6.45) is 5.21. The van der Waals surface area contributed by atoms with Crippen molar-refractivity contribution in [1.29, 1.82) is 0 Å². The third-order valence-electron chi connectivity index (χ3n) is 4.32. The predicted octanol–water partition coefficient (Wildman–Crippen LogP) is 1.50. The SMILES string of the molecule is NC(=O)Nc1ccc(CNC(=O)C2CCCN(c3ncccn3)C2)cc1. The number of amides is 3. The van der Waals surface area contributed by atoms with Gasteiger partial charge in [-0.05, 0) is 36.6 Å². The summed E-state index contributed by atoms with van der Waals surface area (Å²) in [5.74, 6) is 0.621. The van der Waals surface area contributed by atoms with Crippen molar-refractivity contribution in [2.24, 2.45) is 11.7 Å². The number of hydrogen-bond donors (Lipinski definition) is 3. The van der Waals surface area contributed by atoms with Crippen molar-refractivity contribution in [2.45, 2.75) is 19.4 Å². The maximum atomic E-state index is 12.5. The summed E-state index contributed by atoms with van der Waals surface area (Å²) in [5, 5.41) is 5.49. The van der Waals surface area contributed by atoms with Crippen LogP contribution in [0.25, 0.3) is 0 Å². The van der Waals surface area contributed by atoms with Crippen molar-refractivity contribution in [1.82, 2.24) is 15.3 Å². The third kappa shape index (κ3) is 4.69. The fraction of sp³-hybridized carbons (Fsp3) is 0.333. The van der Waals surface area contributed by atoms with Crippen LogP contribution in [0.3, 0.4) is 0 Å². The van der Waals surface area contributed by atoms with E-state index in [1.165, 1.54) is 0 Å². The Morgan fingerprint density at radius 1 is 1.19 bits per heavy atom. The Balaban J connectivity index is 1.52. The van der Waals surface area contributed by atoms with Crippen molar-refractivity contribution in [3.8, 4) is 0 Å². The predicted molar refractivity (Wildman–Crippen MR) is 98.5 cm³/mol. The summed E-state index contributed by atoms with van der Waals surface area (Å²) in [6.45, 7) is 1.92. The van der Waals surface area contributed by atoms with E-state index in [2.05, 4.69) is 25.5 Å². The molecule has 136 valence electrons. The molecule has 1 unspecified atom stereocenters. The zero-order valence-electron chi connectivity index (χ0n) is 14.4. The molecule has 0 spiro atoms. The molecule has 0 radical (unpaired) electrons. The first-order valence-corrected chi connectivity index (χ1v) is 8.57. The van der Waals surface area contributed by atoms with Gasteiger partial charge in [-0.3, -0.25) is 4.79 Å². The Hall–Kier alpha value is -3.16. The standard InChI is InChI=1S/C18H22N6O2/c19-17(26)23-15-6-4-13(5-7-15)11-22-16(25)14-3-1-10-24(12-14)18-20-8-2-9-21-18/h2,4-9,14H,1,3,10-12H2,(H,22,25)(H3,19,23,26). The first-order valence-electron chi connectivity index (χ1n) is 8.57. The van der Waals surface area contributed by atoms with Gasteiger partial charge in [-0.15, -0.1) is 0 Å². The number of nitrogens with one attached hydrogen (secondary N) is 2. The summed E-state index contributed by atoms with van der Waals surface area (Å²) in [4.78, 5) is 33.9. The van der Waals surface area contributed by atoms with E-state index in [0.717, 1.165) is 24.9 Å². The van der Waals surface area contributed by atoms with Gasteiger partial charge in [0.05, 0.1) is 5.92 Å². The molecule has 1 saturated heterocycles. The number of primary amides is 1. The molecule has 26 heavy (non-hydrogen) atoms. The van der Waals surface area contributed by atoms with Crippen LogP contribution in [0.1, 0.15) is 18.4 Å². The summed E-state index contributed by atoms with van der Waals surface area (Å²) in [7, 11) is 0. The highest BCUT2D eigenvalue weighted by atomic mass is 16.2. The molecule has 8 heteroatoms. The number of rotatable bonds is 5. The Kier molecular flexibility index (Phi) is 5.62. The van der Waals surface area contributed by atoms with E-state index in [0.29, 0.717) is 24.7 Å². The average molecular weight is 354 g/mol. The molecule has 3 amide bonds. The monoisotopic (exact) mass is 354 g/mol. The van der Waals surface area contributed by atoms with Crippen LogP contribution in [0.15, 0.2) is 42.7 Å². The molecule has 1 fully saturated rings. The number of carbonyl (C=O) groups excluding carboxylic acids is 2. The minimum Gasteiger partial charge on any atom is -0.352 e. The van der Waals surface area contributed by atoms with E-state index in [-0.39, 0.29) is 11.8 Å². The number of nitrogens with two attached hydrogens (primary N) is 1. The number of aromatic nitrogens is 2. The van der Waals surface area contributed by atoms with Gasteiger partial charge in [-0.2, -0.15) is 0 Å². The highest BCUT2D eigenvalue weighted by Gasteiger charge is 2.26. The van der Waals surface area contributed by atoms with Crippen LogP contribution in [0.5, 0.6) is 0 Å². The van der Waals surface area contributed by atoms with Crippen LogP contribution in [0.4, 0.5) is 16.4 Å². The van der Waals surface area contributed by atoms with Crippen molar-refractivity contribution >= 4 is 23.6 Å². The second-order valence-electron chi connectivity index (χ2n) is 6.24. The van der Waals surface area contributed by atoms with Gasteiger partial charge in [-0.1, -0.05) is 12.1 Å². The number of urea groups is 1.